The largest absolute Gasteiger partial charge is 0.355 e. The van der Waals surface area contributed by atoms with Crippen LogP contribution in [0.5, 0.6) is 0 Å². The molecule has 0 saturated heterocycles. The van der Waals surface area contributed by atoms with E-state index in [1.165, 1.54) is 11.9 Å². The fraction of sp³-hybridized carbons (Fsp3) is 0.350. The Balaban J connectivity index is 0.00000420. The zero-order valence-corrected chi connectivity index (χ0v) is 20.8. The van der Waals surface area contributed by atoms with Gasteiger partial charge in [0.15, 0.2) is 5.96 Å². The van der Waals surface area contributed by atoms with Crippen molar-refractivity contribution in [3.8, 4) is 0 Å². The summed E-state index contributed by atoms with van der Waals surface area (Å²) in [5.41, 5.74) is 1.75. The highest BCUT2D eigenvalue weighted by atomic mass is 127. The highest BCUT2D eigenvalue weighted by molar-refractivity contribution is 14.0. The molecule has 0 aliphatic carbocycles. The quantitative estimate of drug-likeness (QED) is 0.194. The van der Waals surface area contributed by atoms with Gasteiger partial charge in [0.05, 0.1) is 5.75 Å². The van der Waals surface area contributed by atoms with E-state index in [2.05, 4.69) is 39.4 Å². The topological polar surface area (TPSA) is 82.6 Å². The number of halogens is 1. The van der Waals surface area contributed by atoms with Gasteiger partial charge in [-0.05, 0) is 30.3 Å². The second-order valence-electron chi connectivity index (χ2n) is 6.33. The van der Waals surface area contributed by atoms with Crippen molar-refractivity contribution in [2.45, 2.75) is 29.4 Å². The van der Waals surface area contributed by atoms with Crippen molar-refractivity contribution in [1.82, 2.24) is 15.4 Å². The van der Waals surface area contributed by atoms with E-state index < -0.39 is 10.0 Å². The molecule has 6 nitrogen and oxygen atoms in total. The molecule has 0 aliphatic heterocycles. The van der Waals surface area contributed by atoms with E-state index >= 15 is 0 Å². The standard InChI is InChI=1S/C20H28N4O2S2.HI/c1-16(27-19-10-5-4-6-11-19)13-23-20(21-2)24-14-17-8-7-9-18(12-17)15-28(25,26)22-3;/h4-12,16,22H,13-15H2,1-3H3,(H2,21,23,24);1H. The van der Waals surface area contributed by atoms with Crippen LogP contribution in [0.25, 0.3) is 0 Å². The molecule has 0 saturated carbocycles. The van der Waals surface area contributed by atoms with Crippen LogP contribution < -0.4 is 15.4 Å². The Labute approximate surface area is 195 Å². The van der Waals surface area contributed by atoms with Gasteiger partial charge in [-0.2, -0.15) is 0 Å². The molecule has 0 aliphatic rings. The van der Waals surface area contributed by atoms with Crippen LogP contribution in [0, 0.1) is 0 Å². The molecule has 0 bridgehead atoms. The molecule has 1 atom stereocenters. The normalized spacial score (nSPS) is 12.7. The number of hydrogen-bond donors (Lipinski definition) is 3. The van der Waals surface area contributed by atoms with E-state index in [9.17, 15) is 8.42 Å². The Morgan fingerprint density at radius 2 is 1.76 bits per heavy atom. The van der Waals surface area contributed by atoms with Crippen LogP contribution in [0.1, 0.15) is 18.1 Å². The molecule has 1 unspecified atom stereocenters. The van der Waals surface area contributed by atoms with Crippen molar-refractivity contribution in [1.29, 1.82) is 0 Å². The maximum Gasteiger partial charge on any atom is 0.215 e. The molecule has 9 heteroatoms. The SMILES string of the molecule is CN=C(NCc1cccc(CS(=O)(=O)NC)c1)NCC(C)Sc1ccccc1.I. The molecule has 29 heavy (non-hydrogen) atoms. The van der Waals surface area contributed by atoms with Crippen LogP contribution in [0.15, 0.2) is 64.5 Å². The van der Waals surface area contributed by atoms with E-state index in [0.29, 0.717) is 17.8 Å². The van der Waals surface area contributed by atoms with Crippen molar-refractivity contribution in [3.05, 3.63) is 65.7 Å². The summed E-state index contributed by atoms with van der Waals surface area (Å²) in [6, 6.07) is 17.8. The number of rotatable bonds is 9. The Kier molecular flexibility index (Phi) is 11.6. The van der Waals surface area contributed by atoms with Gasteiger partial charge in [0.25, 0.3) is 0 Å². The summed E-state index contributed by atoms with van der Waals surface area (Å²) in [6.07, 6.45) is 0. The average Bonchev–Trinajstić information content (AvgIpc) is 2.69. The van der Waals surface area contributed by atoms with Crippen molar-refractivity contribution in [2.24, 2.45) is 4.99 Å². The summed E-state index contributed by atoms with van der Waals surface area (Å²) in [6.45, 7) is 3.51. The van der Waals surface area contributed by atoms with Gasteiger partial charge in [-0.15, -0.1) is 35.7 Å². The highest BCUT2D eigenvalue weighted by Crippen LogP contribution is 2.21. The van der Waals surface area contributed by atoms with Crippen LogP contribution in [0.3, 0.4) is 0 Å². The van der Waals surface area contributed by atoms with Crippen LogP contribution in [-0.4, -0.2) is 40.3 Å². The van der Waals surface area contributed by atoms with Gasteiger partial charge in [0.2, 0.25) is 10.0 Å². The summed E-state index contributed by atoms with van der Waals surface area (Å²) >= 11 is 1.81. The molecule has 160 valence electrons. The molecular weight excluding hydrogens is 519 g/mol. The molecule has 0 heterocycles. The van der Waals surface area contributed by atoms with Gasteiger partial charge >= 0.3 is 0 Å². The van der Waals surface area contributed by atoms with Crippen molar-refractivity contribution >= 4 is 51.7 Å². The maximum atomic E-state index is 11.7. The Morgan fingerprint density at radius 3 is 2.41 bits per heavy atom. The van der Waals surface area contributed by atoms with Crippen LogP contribution in [0.2, 0.25) is 0 Å². The predicted molar refractivity (Wildman–Crippen MR) is 134 cm³/mol. The number of benzene rings is 2. The number of sulfonamides is 1. The smallest absolute Gasteiger partial charge is 0.215 e. The lowest BCUT2D eigenvalue weighted by Crippen LogP contribution is -2.39. The number of guanidine groups is 1. The first-order chi connectivity index (χ1) is 13.4. The van der Waals surface area contributed by atoms with Crippen LogP contribution in [0.4, 0.5) is 0 Å². The van der Waals surface area contributed by atoms with E-state index in [1.807, 2.05) is 54.2 Å². The fourth-order valence-corrected chi connectivity index (χ4v) is 4.25. The van der Waals surface area contributed by atoms with Crippen molar-refractivity contribution in [3.63, 3.8) is 0 Å². The maximum absolute atomic E-state index is 11.7. The third-order valence-electron chi connectivity index (χ3n) is 3.98. The van der Waals surface area contributed by atoms with Gasteiger partial charge in [-0.3, -0.25) is 4.99 Å². The van der Waals surface area contributed by atoms with Crippen LogP contribution in [-0.2, 0) is 22.3 Å². The fourth-order valence-electron chi connectivity index (χ4n) is 2.54. The summed E-state index contributed by atoms with van der Waals surface area (Å²) in [5.74, 6) is 0.687. The minimum absolute atomic E-state index is 0. The van der Waals surface area contributed by atoms with Gasteiger partial charge in [0.1, 0.15) is 0 Å². The van der Waals surface area contributed by atoms with Gasteiger partial charge < -0.3 is 10.6 Å². The van der Waals surface area contributed by atoms with Crippen LogP contribution >= 0.6 is 35.7 Å². The first kappa shape index (κ1) is 25.7. The number of hydrogen-bond acceptors (Lipinski definition) is 4. The molecular formula is C20H29IN4O2S2. The third-order valence-corrected chi connectivity index (χ3v) is 6.43. The molecule has 0 aromatic heterocycles. The lowest BCUT2D eigenvalue weighted by atomic mass is 10.1. The first-order valence-electron chi connectivity index (χ1n) is 9.07. The van der Waals surface area contributed by atoms with Crippen molar-refractivity contribution < 1.29 is 8.42 Å². The number of aliphatic imine (C=N–C) groups is 1. The molecule has 2 aromatic rings. The number of nitrogens with one attached hydrogen (secondary N) is 3. The molecule has 2 aromatic carbocycles. The second-order valence-corrected chi connectivity index (χ2v) is 9.77. The third kappa shape index (κ3) is 9.83. The summed E-state index contributed by atoms with van der Waals surface area (Å²) < 4.78 is 25.8. The van der Waals surface area contributed by atoms with Gasteiger partial charge in [-0.1, -0.05) is 49.4 Å². The summed E-state index contributed by atoms with van der Waals surface area (Å²) in [7, 11) is -0.118. The molecule has 0 spiro atoms. The van der Waals surface area contributed by atoms with E-state index in [0.717, 1.165) is 17.7 Å². The average molecular weight is 549 g/mol. The summed E-state index contributed by atoms with van der Waals surface area (Å²) in [5, 5.41) is 6.99. The Morgan fingerprint density at radius 1 is 1.07 bits per heavy atom. The molecule has 0 fully saturated rings. The van der Waals surface area contributed by atoms with Gasteiger partial charge in [0, 0.05) is 30.3 Å². The predicted octanol–water partition coefficient (Wildman–Crippen LogP) is 3.20. The van der Waals surface area contributed by atoms with E-state index in [1.54, 1.807) is 7.05 Å². The first-order valence-corrected chi connectivity index (χ1v) is 11.6. The zero-order chi connectivity index (χ0) is 20.4. The summed E-state index contributed by atoms with van der Waals surface area (Å²) in [4.78, 5) is 5.50. The molecule has 2 rings (SSSR count). The lowest BCUT2D eigenvalue weighted by Gasteiger charge is -2.16. The number of nitrogens with zero attached hydrogens (tertiary/aromatic N) is 1. The zero-order valence-electron chi connectivity index (χ0n) is 16.9. The molecule has 3 N–H and O–H groups in total. The van der Waals surface area contributed by atoms with E-state index in [-0.39, 0.29) is 29.7 Å². The molecule has 0 radical (unpaired) electrons. The van der Waals surface area contributed by atoms with Gasteiger partial charge in [-0.25, -0.2) is 13.1 Å². The Bertz CT molecular complexity index is 877. The molecule has 0 amide bonds. The Hall–Kier alpha value is -1.30. The van der Waals surface area contributed by atoms with Crippen molar-refractivity contribution in [2.75, 3.05) is 20.6 Å². The number of thioether (sulfide) groups is 1. The van der Waals surface area contributed by atoms with E-state index in [4.69, 9.17) is 0 Å². The minimum atomic E-state index is -3.28. The second kappa shape index (κ2) is 13.1. The minimum Gasteiger partial charge on any atom is -0.355 e. The monoisotopic (exact) mass is 548 g/mol. The highest BCUT2D eigenvalue weighted by Gasteiger charge is 2.09. The lowest BCUT2D eigenvalue weighted by molar-refractivity contribution is 0.587.